The number of benzene rings is 1. The molecule has 3 aromatic rings. The predicted octanol–water partition coefficient (Wildman–Crippen LogP) is 3.83. The molecule has 3 rings (SSSR count). The number of pyridine rings is 1. The summed E-state index contributed by atoms with van der Waals surface area (Å²) in [5.41, 5.74) is 1.92. The van der Waals surface area contributed by atoms with Gasteiger partial charge >= 0.3 is 0 Å². The van der Waals surface area contributed by atoms with Gasteiger partial charge in [-0.15, -0.1) is 11.3 Å². The second-order valence-electron chi connectivity index (χ2n) is 6.24. The number of para-hydroxylation sites is 1. The first-order chi connectivity index (χ1) is 10.9. The fourth-order valence-corrected chi connectivity index (χ4v) is 4.04. The number of rotatable bonds is 4. The number of hydrogen-bond donors (Lipinski definition) is 1. The van der Waals surface area contributed by atoms with Crippen LogP contribution in [0.1, 0.15) is 37.4 Å². The molecule has 6 heteroatoms. The van der Waals surface area contributed by atoms with Crippen LogP contribution in [-0.4, -0.2) is 18.9 Å². The van der Waals surface area contributed by atoms with E-state index in [-0.39, 0.29) is 10.8 Å². The van der Waals surface area contributed by atoms with Crippen LogP contribution >= 0.6 is 11.3 Å². The first kappa shape index (κ1) is 16.2. The van der Waals surface area contributed by atoms with Gasteiger partial charge < -0.3 is 0 Å². The summed E-state index contributed by atoms with van der Waals surface area (Å²) >= 11 is 1.62. The summed E-state index contributed by atoms with van der Waals surface area (Å²) in [4.78, 5) is 8.91. The Balaban J connectivity index is 2.02. The van der Waals surface area contributed by atoms with E-state index in [0.717, 1.165) is 20.8 Å². The maximum Gasteiger partial charge on any atom is 0.116 e. The standard InChI is InChI=1S/C17H19N3OS2/c1-17(2,3)23(21)20-15(12-7-6-10-18-11-12)16-19-13-8-4-5-9-14(13)22-16/h4-11,15,20H,1-3H3. The molecule has 0 saturated heterocycles. The fourth-order valence-electron chi connectivity index (χ4n) is 2.11. The van der Waals surface area contributed by atoms with Crippen molar-refractivity contribution in [3.05, 3.63) is 59.4 Å². The second kappa shape index (κ2) is 6.47. The van der Waals surface area contributed by atoms with Gasteiger partial charge in [0.05, 0.1) is 32.0 Å². The molecular formula is C17H19N3OS2. The normalized spacial score (nSPS) is 14.7. The predicted molar refractivity (Wildman–Crippen MR) is 96.7 cm³/mol. The molecule has 0 bridgehead atoms. The third-order valence-electron chi connectivity index (χ3n) is 3.36. The van der Waals surface area contributed by atoms with Gasteiger partial charge in [-0.05, 0) is 44.5 Å². The fraction of sp³-hybridized carbons (Fsp3) is 0.294. The molecule has 0 fully saturated rings. The van der Waals surface area contributed by atoms with E-state index < -0.39 is 11.0 Å². The molecule has 1 aromatic carbocycles. The lowest BCUT2D eigenvalue weighted by Gasteiger charge is -2.23. The first-order valence-corrected chi connectivity index (χ1v) is 9.35. The van der Waals surface area contributed by atoms with Crippen LogP contribution in [0.4, 0.5) is 0 Å². The molecule has 0 amide bonds. The van der Waals surface area contributed by atoms with Crippen LogP contribution in [0.2, 0.25) is 0 Å². The molecule has 2 atom stereocenters. The minimum atomic E-state index is -1.20. The third kappa shape index (κ3) is 3.65. The van der Waals surface area contributed by atoms with Crippen molar-refractivity contribution in [3.8, 4) is 0 Å². The molecule has 4 nitrogen and oxygen atoms in total. The summed E-state index contributed by atoms with van der Waals surface area (Å²) in [6.07, 6.45) is 3.53. The van der Waals surface area contributed by atoms with Crippen LogP contribution < -0.4 is 4.72 Å². The largest absolute Gasteiger partial charge is 0.264 e. The number of thiazole rings is 1. The molecule has 0 spiro atoms. The van der Waals surface area contributed by atoms with Crippen molar-refractivity contribution >= 4 is 32.5 Å². The lowest BCUT2D eigenvalue weighted by atomic mass is 10.1. The molecule has 2 heterocycles. The minimum Gasteiger partial charge on any atom is -0.264 e. The molecule has 0 aliphatic heterocycles. The maximum atomic E-state index is 12.6. The average molecular weight is 345 g/mol. The van der Waals surface area contributed by atoms with Crippen LogP contribution in [0, 0.1) is 0 Å². The van der Waals surface area contributed by atoms with Gasteiger partial charge in [0.15, 0.2) is 0 Å². The van der Waals surface area contributed by atoms with E-state index in [1.807, 2.05) is 51.1 Å². The van der Waals surface area contributed by atoms with Gasteiger partial charge in [0, 0.05) is 12.4 Å². The topological polar surface area (TPSA) is 54.9 Å². The van der Waals surface area contributed by atoms with Crippen LogP contribution in [0.25, 0.3) is 10.2 Å². The van der Waals surface area contributed by atoms with E-state index >= 15 is 0 Å². The Morgan fingerprint density at radius 2 is 1.96 bits per heavy atom. The van der Waals surface area contributed by atoms with E-state index in [1.165, 1.54) is 0 Å². The number of aromatic nitrogens is 2. The van der Waals surface area contributed by atoms with Crippen LogP contribution in [0.5, 0.6) is 0 Å². The zero-order valence-corrected chi connectivity index (χ0v) is 14.9. The van der Waals surface area contributed by atoms with Crippen molar-refractivity contribution < 1.29 is 4.21 Å². The molecule has 2 unspecified atom stereocenters. The average Bonchev–Trinajstić information content (AvgIpc) is 2.95. The van der Waals surface area contributed by atoms with E-state index in [4.69, 9.17) is 4.98 Å². The zero-order chi connectivity index (χ0) is 16.4. The lowest BCUT2D eigenvalue weighted by Crippen LogP contribution is -2.36. The van der Waals surface area contributed by atoms with Gasteiger partial charge in [0.25, 0.3) is 0 Å². The van der Waals surface area contributed by atoms with Crippen molar-refractivity contribution in [1.82, 2.24) is 14.7 Å². The second-order valence-corrected chi connectivity index (χ2v) is 9.30. The molecule has 0 radical (unpaired) electrons. The number of hydrogen-bond acceptors (Lipinski definition) is 4. The van der Waals surface area contributed by atoms with Gasteiger partial charge in [-0.25, -0.2) is 13.9 Å². The third-order valence-corrected chi connectivity index (χ3v) is 6.02. The van der Waals surface area contributed by atoms with Crippen LogP contribution in [0.15, 0.2) is 48.8 Å². The Morgan fingerprint density at radius 3 is 2.61 bits per heavy atom. The van der Waals surface area contributed by atoms with Crippen molar-refractivity contribution in [1.29, 1.82) is 0 Å². The highest BCUT2D eigenvalue weighted by atomic mass is 32.2. The molecule has 2 aromatic heterocycles. The molecule has 0 saturated carbocycles. The number of nitrogens with one attached hydrogen (secondary N) is 1. The van der Waals surface area contributed by atoms with Crippen LogP contribution in [-0.2, 0) is 11.0 Å². The van der Waals surface area contributed by atoms with Gasteiger partial charge in [-0.2, -0.15) is 0 Å². The van der Waals surface area contributed by atoms with Crippen molar-refractivity contribution in [3.63, 3.8) is 0 Å². The molecule has 23 heavy (non-hydrogen) atoms. The monoisotopic (exact) mass is 345 g/mol. The summed E-state index contributed by atoms with van der Waals surface area (Å²) in [5.74, 6) is 0. The maximum absolute atomic E-state index is 12.6. The minimum absolute atomic E-state index is 0.235. The van der Waals surface area contributed by atoms with E-state index in [1.54, 1.807) is 23.7 Å². The molecule has 0 aliphatic rings. The summed E-state index contributed by atoms with van der Waals surface area (Å²) in [7, 11) is -1.20. The van der Waals surface area contributed by atoms with Crippen molar-refractivity contribution in [2.24, 2.45) is 0 Å². The summed E-state index contributed by atoms with van der Waals surface area (Å²) in [6.45, 7) is 5.86. The van der Waals surface area contributed by atoms with Crippen LogP contribution in [0.3, 0.4) is 0 Å². The highest BCUT2D eigenvalue weighted by Crippen LogP contribution is 2.31. The van der Waals surface area contributed by atoms with Crippen molar-refractivity contribution in [2.75, 3.05) is 0 Å². The Hall–Kier alpha value is -1.63. The smallest absolute Gasteiger partial charge is 0.116 e. The Bertz CT molecular complexity index is 791. The Labute approximate surface area is 142 Å². The molecule has 0 aliphatic carbocycles. The highest BCUT2D eigenvalue weighted by Gasteiger charge is 2.26. The van der Waals surface area contributed by atoms with Crippen molar-refractivity contribution in [2.45, 2.75) is 31.6 Å². The van der Waals surface area contributed by atoms with Gasteiger partial charge in [-0.3, -0.25) is 4.98 Å². The highest BCUT2D eigenvalue weighted by molar-refractivity contribution is 7.84. The number of nitrogens with zero attached hydrogens (tertiary/aromatic N) is 2. The summed E-state index contributed by atoms with van der Waals surface area (Å²) in [5, 5.41) is 0.900. The number of fused-ring (bicyclic) bond motifs is 1. The van der Waals surface area contributed by atoms with E-state index in [9.17, 15) is 4.21 Å². The first-order valence-electron chi connectivity index (χ1n) is 7.38. The Kier molecular flexibility index (Phi) is 4.57. The summed E-state index contributed by atoms with van der Waals surface area (Å²) in [6, 6.07) is 11.7. The lowest BCUT2D eigenvalue weighted by molar-refractivity contribution is 0.622. The SMILES string of the molecule is CC(C)(C)S(=O)NC(c1cccnc1)c1nc2ccccc2s1. The molecule has 1 N–H and O–H groups in total. The molecular weight excluding hydrogens is 326 g/mol. The van der Waals surface area contributed by atoms with Gasteiger partial charge in [-0.1, -0.05) is 18.2 Å². The van der Waals surface area contributed by atoms with E-state index in [2.05, 4.69) is 15.8 Å². The van der Waals surface area contributed by atoms with E-state index in [0.29, 0.717) is 0 Å². The van der Waals surface area contributed by atoms with Gasteiger partial charge in [0.2, 0.25) is 0 Å². The Morgan fingerprint density at radius 1 is 1.17 bits per heavy atom. The zero-order valence-electron chi connectivity index (χ0n) is 13.3. The summed E-state index contributed by atoms with van der Waals surface area (Å²) < 4.78 is 16.6. The van der Waals surface area contributed by atoms with Gasteiger partial charge in [0.1, 0.15) is 5.01 Å². The quantitative estimate of drug-likeness (QED) is 0.782. The molecule has 120 valence electrons.